The summed E-state index contributed by atoms with van der Waals surface area (Å²) in [7, 11) is 0. The van der Waals surface area contributed by atoms with Gasteiger partial charge in [-0.25, -0.2) is 14.0 Å². The molecule has 0 radical (unpaired) electrons. The number of carbonyl (C=O) groups is 1. The Morgan fingerprint density at radius 3 is 2.43 bits per heavy atom. The molecule has 0 unspecified atom stereocenters. The van der Waals surface area contributed by atoms with E-state index < -0.39 is 10.8 Å². The maximum atomic E-state index is 12.8. The molecule has 3 aromatic rings. The lowest BCUT2D eigenvalue weighted by Crippen LogP contribution is -2.29. The van der Waals surface area contributed by atoms with Crippen LogP contribution in [0.15, 0.2) is 59.4 Å². The van der Waals surface area contributed by atoms with Crippen LogP contribution in [0.4, 0.5) is 11.4 Å². The van der Waals surface area contributed by atoms with Crippen molar-refractivity contribution in [2.75, 3.05) is 5.32 Å². The summed E-state index contributed by atoms with van der Waals surface area (Å²) in [6, 6.07) is 14.7. The zero-order valence-electron chi connectivity index (χ0n) is 14.8. The van der Waals surface area contributed by atoms with E-state index in [0.29, 0.717) is 11.5 Å². The molecule has 9 heteroatoms. The van der Waals surface area contributed by atoms with Crippen LogP contribution in [0.25, 0.3) is 5.69 Å². The zero-order valence-corrected chi connectivity index (χ0v) is 14.8. The predicted molar refractivity (Wildman–Crippen MR) is 102 cm³/mol. The van der Waals surface area contributed by atoms with Gasteiger partial charge in [0.1, 0.15) is 12.4 Å². The second-order valence-corrected chi connectivity index (χ2v) is 6.60. The number of hydrogen-bond donors (Lipinski definition) is 1. The molecular formula is C19H17N5O4. The Morgan fingerprint density at radius 1 is 1.14 bits per heavy atom. The Kier molecular flexibility index (Phi) is 4.48. The van der Waals surface area contributed by atoms with Crippen LogP contribution < -0.4 is 11.0 Å². The Morgan fingerprint density at radius 2 is 1.82 bits per heavy atom. The highest BCUT2D eigenvalue weighted by Gasteiger charge is 2.31. The van der Waals surface area contributed by atoms with Gasteiger partial charge in [-0.15, -0.1) is 0 Å². The van der Waals surface area contributed by atoms with Crippen LogP contribution in [-0.4, -0.2) is 25.2 Å². The molecule has 1 amide bonds. The van der Waals surface area contributed by atoms with Crippen LogP contribution in [0.5, 0.6) is 0 Å². The van der Waals surface area contributed by atoms with Crippen molar-refractivity contribution in [3.05, 3.63) is 81.0 Å². The Hall–Kier alpha value is -3.75. The van der Waals surface area contributed by atoms with Gasteiger partial charge in [-0.2, -0.15) is 5.10 Å². The SMILES string of the molecule is O=C(Cn1nc(C2CC2)n(-c2ccccc2)c1=O)Nc1ccc([N+](=O)[O-])cc1. The molecule has 142 valence electrons. The quantitative estimate of drug-likeness (QED) is 0.522. The summed E-state index contributed by atoms with van der Waals surface area (Å²) in [6.45, 7) is -0.241. The minimum absolute atomic E-state index is 0.0649. The maximum absolute atomic E-state index is 12.8. The summed E-state index contributed by atoms with van der Waals surface area (Å²) in [5.41, 5.74) is 0.696. The fourth-order valence-electron chi connectivity index (χ4n) is 2.96. The summed E-state index contributed by atoms with van der Waals surface area (Å²) < 4.78 is 2.71. The van der Waals surface area contributed by atoms with Crippen molar-refractivity contribution in [3.63, 3.8) is 0 Å². The Balaban J connectivity index is 1.55. The van der Waals surface area contributed by atoms with Crippen molar-refractivity contribution in [3.8, 4) is 5.69 Å². The summed E-state index contributed by atoms with van der Waals surface area (Å²) in [5.74, 6) is 0.460. The minimum atomic E-state index is -0.513. The van der Waals surface area contributed by atoms with Gasteiger partial charge in [0.05, 0.1) is 10.6 Å². The molecular weight excluding hydrogens is 362 g/mol. The topological polar surface area (TPSA) is 112 Å². The molecule has 1 aromatic heterocycles. The number of aromatic nitrogens is 3. The van der Waals surface area contributed by atoms with Gasteiger partial charge in [-0.1, -0.05) is 18.2 Å². The van der Waals surface area contributed by atoms with Gasteiger partial charge < -0.3 is 5.32 Å². The maximum Gasteiger partial charge on any atom is 0.351 e. The van der Waals surface area contributed by atoms with Crippen LogP contribution in [0.3, 0.4) is 0 Å². The first-order valence-electron chi connectivity index (χ1n) is 8.82. The molecule has 4 rings (SSSR count). The van der Waals surface area contributed by atoms with Crippen molar-refractivity contribution in [2.45, 2.75) is 25.3 Å². The van der Waals surface area contributed by atoms with E-state index in [1.54, 1.807) is 4.57 Å². The van der Waals surface area contributed by atoms with Crippen molar-refractivity contribution >= 4 is 17.3 Å². The van der Waals surface area contributed by atoms with Gasteiger partial charge in [0.2, 0.25) is 5.91 Å². The lowest BCUT2D eigenvalue weighted by atomic mass is 10.3. The van der Waals surface area contributed by atoms with E-state index in [1.807, 2.05) is 30.3 Å². The van der Waals surface area contributed by atoms with E-state index >= 15 is 0 Å². The number of nitrogens with one attached hydrogen (secondary N) is 1. The number of non-ortho nitro benzene ring substituents is 1. The van der Waals surface area contributed by atoms with E-state index in [1.165, 1.54) is 24.3 Å². The molecule has 1 fully saturated rings. The molecule has 2 aromatic carbocycles. The second kappa shape index (κ2) is 7.10. The number of anilines is 1. The summed E-state index contributed by atoms with van der Waals surface area (Å²) in [6.07, 6.45) is 1.94. The van der Waals surface area contributed by atoms with Crippen LogP contribution in [-0.2, 0) is 11.3 Å². The highest BCUT2D eigenvalue weighted by Crippen LogP contribution is 2.39. The average molecular weight is 379 g/mol. The number of nitro groups is 1. The molecule has 0 saturated heterocycles. The lowest BCUT2D eigenvalue weighted by molar-refractivity contribution is -0.384. The fourth-order valence-corrected chi connectivity index (χ4v) is 2.96. The van der Waals surface area contributed by atoms with Crippen LogP contribution >= 0.6 is 0 Å². The molecule has 1 aliphatic carbocycles. The average Bonchev–Trinajstić information content (AvgIpc) is 3.48. The number of nitro benzene ring substituents is 1. The van der Waals surface area contributed by atoms with E-state index in [0.717, 1.165) is 23.2 Å². The smallest absolute Gasteiger partial charge is 0.324 e. The van der Waals surface area contributed by atoms with Crippen molar-refractivity contribution in [1.29, 1.82) is 0 Å². The second-order valence-electron chi connectivity index (χ2n) is 6.60. The Bertz CT molecular complexity index is 1080. The molecule has 28 heavy (non-hydrogen) atoms. The highest BCUT2D eigenvalue weighted by atomic mass is 16.6. The first kappa shape index (κ1) is 17.7. The van der Waals surface area contributed by atoms with Gasteiger partial charge in [0.25, 0.3) is 5.69 Å². The standard InChI is InChI=1S/C19H17N5O4/c25-17(20-14-8-10-16(11-9-14)24(27)28)12-22-19(26)23(15-4-2-1-3-5-15)18(21-22)13-6-7-13/h1-5,8-11,13H,6-7,12H2,(H,20,25). The van der Waals surface area contributed by atoms with Gasteiger partial charge in [-0.3, -0.25) is 14.9 Å². The zero-order chi connectivity index (χ0) is 19.7. The molecule has 1 N–H and O–H groups in total. The van der Waals surface area contributed by atoms with Crippen molar-refractivity contribution in [2.24, 2.45) is 0 Å². The number of amides is 1. The van der Waals surface area contributed by atoms with Crippen LogP contribution in [0, 0.1) is 10.1 Å². The predicted octanol–water partition coefficient (Wildman–Crippen LogP) is 2.46. The first-order chi connectivity index (χ1) is 13.5. The van der Waals surface area contributed by atoms with E-state index in [2.05, 4.69) is 10.4 Å². The first-order valence-corrected chi connectivity index (χ1v) is 8.82. The van der Waals surface area contributed by atoms with Gasteiger partial charge in [0.15, 0.2) is 0 Å². The van der Waals surface area contributed by atoms with Crippen LogP contribution in [0.2, 0.25) is 0 Å². The van der Waals surface area contributed by atoms with E-state index in [9.17, 15) is 19.7 Å². The summed E-state index contributed by atoms with van der Waals surface area (Å²) in [5, 5.41) is 17.7. The molecule has 1 saturated carbocycles. The number of nitrogens with zero attached hydrogens (tertiary/aromatic N) is 4. The number of carbonyl (C=O) groups excluding carboxylic acids is 1. The highest BCUT2D eigenvalue weighted by molar-refractivity contribution is 5.90. The number of hydrogen-bond acceptors (Lipinski definition) is 5. The molecule has 0 atom stereocenters. The summed E-state index contributed by atoms with van der Waals surface area (Å²) in [4.78, 5) is 35.4. The largest absolute Gasteiger partial charge is 0.351 e. The van der Waals surface area contributed by atoms with E-state index in [4.69, 9.17) is 0 Å². The van der Waals surface area contributed by atoms with E-state index in [-0.39, 0.29) is 23.8 Å². The van der Waals surface area contributed by atoms with Crippen molar-refractivity contribution < 1.29 is 9.72 Å². The third-order valence-electron chi connectivity index (χ3n) is 4.48. The van der Waals surface area contributed by atoms with Crippen molar-refractivity contribution in [1.82, 2.24) is 14.3 Å². The Labute approximate surface area is 159 Å². The normalized spacial score (nSPS) is 13.3. The van der Waals surface area contributed by atoms with Gasteiger partial charge in [-0.05, 0) is 37.1 Å². The molecule has 1 aliphatic rings. The monoisotopic (exact) mass is 379 g/mol. The number of benzene rings is 2. The molecule has 0 bridgehead atoms. The third kappa shape index (κ3) is 3.54. The van der Waals surface area contributed by atoms with Gasteiger partial charge >= 0.3 is 5.69 Å². The summed E-state index contributed by atoms with van der Waals surface area (Å²) >= 11 is 0. The molecule has 0 aliphatic heterocycles. The number of rotatable bonds is 6. The lowest BCUT2D eigenvalue weighted by Gasteiger charge is -2.04. The van der Waals surface area contributed by atoms with Crippen LogP contribution in [0.1, 0.15) is 24.6 Å². The minimum Gasteiger partial charge on any atom is -0.324 e. The fraction of sp³-hybridized carbons (Fsp3) is 0.211. The third-order valence-corrected chi connectivity index (χ3v) is 4.48. The number of para-hydroxylation sites is 1. The molecule has 1 heterocycles. The molecule has 9 nitrogen and oxygen atoms in total. The van der Waals surface area contributed by atoms with Gasteiger partial charge in [0, 0.05) is 23.7 Å². The molecule has 0 spiro atoms.